The summed E-state index contributed by atoms with van der Waals surface area (Å²) < 4.78 is 16.0. The maximum absolute atomic E-state index is 14.2. The van der Waals surface area contributed by atoms with Crippen LogP contribution in [-0.4, -0.2) is 106 Å². The SMILES string of the molecule is CC(=O)N1CCc2c(c(-c3cccc4cc(-c5ccc(C(C)CCC(=O)N6CCc7c(c(-c8cccc9cc(-c%10cnc(C(C)C)nc%10)ncc89)nn7C7CCOCC7)C6)nc5)ncc34)nn2C2CCOCC2)C1. The van der Waals surface area contributed by atoms with E-state index in [9.17, 15) is 9.59 Å². The van der Waals surface area contributed by atoms with Gasteiger partial charge in [0.15, 0.2) is 0 Å². The lowest BCUT2D eigenvalue weighted by Crippen LogP contribution is -2.37. The predicted octanol–water partition coefficient (Wildman–Crippen LogP) is 10.2. The lowest BCUT2D eigenvalue weighted by atomic mass is 9.95. The van der Waals surface area contributed by atoms with Gasteiger partial charge in [-0.25, -0.2) is 9.97 Å². The lowest BCUT2D eigenvalue weighted by molar-refractivity contribution is -0.132. The Balaban J connectivity index is 0.748. The largest absolute Gasteiger partial charge is 0.381 e. The van der Waals surface area contributed by atoms with Gasteiger partial charge in [-0.3, -0.25) is 33.9 Å². The van der Waals surface area contributed by atoms with Crippen molar-refractivity contribution >= 4 is 33.4 Å². The number of amides is 2. The van der Waals surface area contributed by atoms with Crippen LogP contribution >= 0.6 is 0 Å². The van der Waals surface area contributed by atoms with Gasteiger partial charge in [-0.1, -0.05) is 57.2 Å². The highest BCUT2D eigenvalue weighted by atomic mass is 16.5. The summed E-state index contributed by atoms with van der Waals surface area (Å²) in [6.07, 6.45) is 15.8. The van der Waals surface area contributed by atoms with Gasteiger partial charge in [0.05, 0.1) is 34.9 Å². The fourth-order valence-corrected chi connectivity index (χ4v) is 11.6. The molecule has 1 unspecified atom stereocenters. The highest BCUT2D eigenvalue weighted by Crippen LogP contribution is 2.40. The van der Waals surface area contributed by atoms with E-state index in [4.69, 9.17) is 34.6 Å². The number of nitrogens with zero attached hydrogens (tertiary/aromatic N) is 11. The molecule has 6 aromatic heterocycles. The van der Waals surface area contributed by atoms with Gasteiger partial charge in [0.1, 0.15) is 5.82 Å². The third-order valence-corrected chi connectivity index (χ3v) is 15.9. The minimum absolute atomic E-state index is 0.0749. The Labute approximate surface area is 431 Å². The van der Waals surface area contributed by atoms with Gasteiger partial charge in [-0.05, 0) is 73.1 Å². The van der Waals surface area contributed by atoms with E-state index in [1.165, 1.54) is 11.4 Å². The van der Waals surface area contributed by atoms with Crippen LogP contribution < -0.4 is 0 Å². The Morgan fingerprint density at radius 1 is 0.622 bits per heavy atom. The molecule has 15 heteroatoms. The zero-order valence-corrected chi connectivity index (χ0v) is 42.8. The lowest BCUT2D eigenvalue weighted by Gasteiger charge is -2.30. The summed E-state index contributed by atoms with van der Waals surface area (Å²) in [5.41, 5.74) is 13.0. The molecule has 0 radical (unpaired) electrons. The zero-order valence-electron chi connectivity index (χ0n) is 42.8. The quantitative estimate of drug-likeness (QED) is 0.121. The summed E-state index contributed by atoms with van der Waals surface area (Å²) in [5, 5.41) is 14.9. The standard InChI is InChI=1S/C59H63N11O4/c1-36(2)59-63-30-42(31-64-59)53-28-40-8-6-10-46(48(40)33-62-53)58-50-35-68(22-16-55(50)70(66-58)44-19-25-74-26-20-44)56(72)14-11-37(3)51-13-12-41(29-60-51)52-27-39-7-5-9-45(47(39)32-61-52)57-49-34-67(38(4)71)21-15-54(49)69(65-57)43-17-23-73-24-18-43/h5-10,12-13,27-33,36-37,43-44H,11,14-26,34-35H2,1-4H3. The third kappa shape index (κ3) is 9.14. The Hall–Kier alpha value is -7.23. The van der Waals surface area contributed by atoms with Gasteiger partial charge in [-0.15, -0.1) is 0 Å². The molecule has 4 aliphatic heterocycles. The normalized spacial score (nSPS) is 17.0. The number of hydrogen-bond acceptors (Lipinski definition) is 11. The van der Waals surface area contributed by atoms with Crippen LogP contribution in [0.3, 0.4) is 0 Å². The molecule has 0 N–H and O–H groups in total. The Bertz CT molecular complexity index is 3390. The number of pyridine rings is 3. The summed E-state index contributed by atoms with van der Waals surface area (Å²) in [4.78, 5) is 54.7. The molecule has 378 valence electrons. The molecule has 12 rings (SSSR count). The molecule has 0 aliphatic carbocycles. The van der Waals surface area contributed by atoms with Crippen molar-refractivity contribution in [3.05, 3.63) is 126 Å². The molecule has 0 saturated carbocycles. The van der Waals surface area contributed by atoms with Crippen LogP contribution in [0, 0.1) is 0 Å². The highest BCUT2D eigenvalue weighted by Gasteiger charge is 2.33. The molecule has 2 amide bonds. The number of carbonyl (C=O) groups is 2. The fraction of sp³-hybridized carbons (Fsp3) is 0.407. The molecular weight excluding hydrogens is 927 g/mol. The second kappa shape index (κ2) is 20.2. The summed E-state index contributed by atoms with van der Waals surface area (Å²) in [6.45, 7) is 13.3. The Morgan fingerprint density at radius 3 is 1.68 bits per heavy atom. The minimum atomic E-state index is 0.0749. The van der Waals surface area contributed by atoms with Crippen LogP contribution in [0.4, 0.5) is 0 Å². The van der Waals surface area contributed by atoms with Crippen LogP contribution in [0.2, 0.25) is 0 Å². The van der Waals surface area contributed by atoms with E-state index in [0.29, 0.717) is 39.0 Å². The van der Waals surface area contributed by atoms with E-state index in [1.54, 1.807) is 6.92 Å². The molecule has 15 nitrogen and oxygen atoms in total. The first kappa shape index (κ1) is 47.8. The van der Waals surface area contributed by atoms with Crippen LogP contribution in [-0.2, 0) is 45.0 Å². The summed E-state index contributed by atoms with van der Waals surface area (Å²) in [6, 6.07) is 21.6. The van der Waals surface area contributed by atoms with Crippen LogP contribution in [0.1, 0.15) is 124 Å². The van der Waals surface area contributed by atoms with Crippen molar-refractivity contribution in [2.75, 3.05) is 39.5 Å². The molecule has 1 atom stereocenters. The maximum Gasteiger partial charge on any atom is 0.222 e. The van der Waals surface area contributed by atoms with Gasteiger partial charge in [0.25, 0.3) is 0 Å². The van der Waals surface area contributed by atoms with E-state index < -0.39 is 0 Å². The third-order valence-electron chi connectivity index (χ3n) is 15.9. The average Bonchev–Trinajstić information content (AvgIpc) is 4.03. The number of carbonyl (C=O) groups excluding carboxylic acids is 2. The monoisotopic (exact) mass is 990 g/mol. The second-order valence-corrected chi connectivity index (χ2v) is 21.0. The first-order valence-electron chi connectivity index (χ1n) is 26.6. The summed E-state index contributed by atoms with van der Waals surface area (Å²) in [7, 11) is 0. The first-order valence-corrected chi connectivity index (χ1v) is 26.6. The maximum atomic E-state index is 14.2. The molecular formula is C59H63N11O4. The van der Waals surface area contributed by atoms with Crippen LogP contribution in [0.15, 0.2) is 91.6 Å². The molecule has 2 saturated heterocycles. The summed E-state index contributed by atoms with van der Waals surface area (Å²) in [5.74, 6) is 1.37. The van der Waals surface area contributed by atoms with Gasteiger partial charge < -0.3 is 19.3 Å². The number of ether oxygens (including phenoxy) is 2. The van der Waals surface area contributed by atoms with E-state index in [2.05, 4.69) is 101 Å². The van der Waals surface area contributed by atoms with Crippen molar-refractivity contribution in [2.24, 2.45) is 0 Å². The van der Waals surface area contributed by atoms with Crippen molar-refractivity contribution in [1.82, 2.24) is 54.3 Å². The number of rotatable bonds is 11. The van der Waals surface area contributed by atoms with Gasteiger partial charge >= 0.3 is 0 Å². The zero-order chi connectivity index (χ0) is 50.5. The predicted molar refractivity (Wildman–Crippen MR) is 284 cm³/mol. The molecule has 0 spiro atoms. The van der Waals surface area contributed by atoms with E-state index >= 15 is 0 Å². The van der Waals surface area contributed by atoms with Crippen molar-refractivity contribution in [3.8, 4) is 45.0 Å². The number of benzene rings is 2. The average molecular weight is 990 g/mol. The van der Waals surface area contributed by atoms with Crippen molar-refractivity contribution in [3.63, 3.8) is 0 Å². The molecule has 2 aromatic carbocycles. The molecule has 10 heterocycles. The van der Waals surface area contributed by atoms with Crippen LogP contribution in [0.25, 0.3) is 66.6 Å². The Morgan fingerprint density at radius 2 is 1.15 bits per heavy atom. The topological polar surface area (TPSA) is 159 Å². The Kier molecular flexibility index (Phi) is 13.1. The van der Waals surface area contributed by atoms with Gasteiger partial charge in [0, 0.05) is 177 Å². The number of hydrogen-bond donors (Lipinski definition) is 0. The van der Waals surface area contributed by atoms with Crippen molar-refractivity contribution in [1.29, 1.82) is 0 Å². The second-order valence-electron chi connectivity index (χ2n) is 21.0. The van der Waals surface area contributed by atoms with Crippen molar-refractivity contribution in [2.45, 2.75) is 116 Å². The smallest absolute Gasteiger partial charge is 0.222 e. The number of aromatic nitrogens is 9. The first-order chi connectivity index (χ1) is 36.1. The molecule has 74 heavy (non-hydrogen) atoms. The van der Waals surface area contributed by atoms with E-state index in [1.807, 2.05) is 40.8 Å². The van der Waals surface area contributed by atoms with E-state index in [0.717, 1.165) is 154 Å². The molecule has 2 fully saturated rings. The van der Waals surface area contributed by atoms with Crippen molar-refractivity contribution < 1.29 is 19.1 Å². The van der Waals surface area contributed by atoms with Gasteiger partial charge in [-0.2, -0.15) is 10.2 Å². The number of fused-ring (bicyclic) bond motifs is 4. The van der Waals surface area contributed by atoms with E-state index in [-0.39, 0.29) is 35.7 Å². The summed E-state index contributed by atoms with van der Waals surface area (Å²) >= 11 is 0. The molecule has 4 aliphatic rings. The molecule has 0 bridgehead atoms. The highest BCUT2D eigenvalue weighted by molar-refractivity contribution is 5.99. The minimum Gasteiger partial charge on any atom is -0.381 e. The molecule has 8 aromatic rings. The van der Waals surface area contributed by atoms with Crippen LogP contribution in [0.5, 0.6) is 0 Å². The van der Waals surface area contributed by atoms with Gasteiger partial charge in [0.2, 0.25) is 11.8 Å². The fourth-order valence-electron chi connectivity index (χ4n) is 11.6.